The van der Waals surface area contributed by atoms with Gasteiger partial charge in [0.25, 0.3) is 5.34 Å². The molecule has 6 heteroatoms. The van der Waals surface area contributed by atoms with Crippen molar-refractivity contribution in [3.8, 4) is 11.8 Å². The lowest BCUT2D eigenvalue weighted by Crippen LogP contribution is -2.25. The van der Waals surface area contributed by atoms with Crippen LogP contribution in [0.2, 0.25) is 0 Å². The summed E-state index contributed by atoms with van der Waals surface area (Å²) in [5, 5.41) is 10.8. The molecule has 0 aliphatic carbocycles. The normalized spacial score (nSPS) is 14.0. The van der Waals surface area contributed by atoms with Crippen LogP contribution in [0.25, 0.3) is 0 Å². The number of hydrogen-bond acceptors (Lipinski definition) is 5. The van der Waals surface area contributed by atoms with Gasteiger partial charge in [0.15, 0.2) is 0 Å². The smallest absolute Gasteiger partial charge is 0.364 e. The summed E-state index contributed by atoms with van der Waals surface area (Å²) >= 11 is 1.43. The van der Waals surface area contributed by atoms with Crippen LogP contribution in [-0.2, 0) is 19.0 Å². The number of benzene rings is 1. The van der Waals surface area contributed by atoms with Gasteiger partial charge in [0.2, 0.25) is 0 Å². The fourth-order valence-corrected chi connectivity index (χ4v) is 3.71. The third-order valence-electron chi connectivity index (χ3n) is 2.93. The average molecular weight is 322 g/mol. The highest BCUT2D eigenvalue weighted by molar-refractivity contribution is 7.55. The van der Waals surface area contributed by atoms with Gasteiger partial charge in [-0.25, -0.2) is 0 Å². The van der Waals surface area contributed by atoms with Crippen LogP contribution in [-0.4, -0.2) is 19.3 Å². The Morgan fingerprint density at radius 2 is 1.81 bits per heavy atom. The molecule has 1 aromatic carbocycles. The van der Waals surface area contributed by atoms with Crippen LogP contribution in [0, 0.1) is 11.8 Å². The molecule has 110 valence electrons. The summed E-state index contributed by atoms with van der Waals surface area (Å²) in [5.74, 6) is 5.48. The summed E-state index contributed by atoms with van der Waals surface area (Å²) in [6.07, 6.45) is 0. The summed E-state index contributed by atoms with van der Waals surface area (Å²) < 4.78 is 22.7. The highest BCUT2D eigenvalue weighted by Gasteiger charge is 2.49. The molecule has 1 atom stereocenters. The van der Waals surface area contributed by atoms with Gasteiger partial charge < -0.3 is 14.2 Å². The van der Waals surface area contributed by atoms with Crippen LogP contribution in [0.15, 0.2) is 47.8 Å². The first-order valence-corrected chi connectivity index (χ1v) is 8.54. The van der Waals surface area contributed by atoms with Crippen molar-refractivity contribution < 1.29 is 18.7 Å². The summed E-state index contributed by atoms with van der Waals surface area (Å²) in [6.45, 7) is 0. The Labute approximate surface area is 127 Å². The molecule has 0 aliphatic heterocycles. The molecule has 2 rings (SSSR count). The third kappa shape index (κ3) is 3.11. The zero-order valence-corrected chi connectivity index (χ0v) is 13.4. The highest BCUT2D eigenvalue weighted by Crippen LogP contribution is 2.62. The van der Waals surface area contributed by atoms with Gasteiger partial charge in [0.1, 0.15) is 0 Å². The molecule has 2 aromatic rings. The molecule has 1 unspecified atom stereocenters. The molecule has 0 saturated heterocycles. The van der Waals surface area contributed by atoms with E-state index in [1.807, 2.05) is 17.5 Å². The van der Waals surface area contributed by atoms with Crippen molar-refractivity contribution >= 4 is 18.9 Å². The van der Waals surface area contributed by atoms with Crippen LogP contribution < -0.4 is 0 Å². The lowest BCUT2D eigenvalue weighted by atomic mass is 10.1. The molecule has 4 nitrogen and oxygen atoms in total. The maximum atomic E-state index is 12.7. The Morgan fingerprint density at radius 1 is 1.14 bits per heavy atom. The molecular weight excluding hydrogens is 307 g/mol. The van der Waals surface area contributed by atoms with E-state index in [1.165, 1.54) is 25.6 Å². The van der Waals surface area contributed by atoms with Crippen molar-refractivity contribution in [1.82, 2.24) is 0 Å². The van der Waals surface area contributed by atoms with E-state index in [4.69, 9.17) is 9.05 Å². The maximum absolute atomic E-state index is 12.7. The van der Waals surface area contributed by atoms with Crippen molar-refractivity contribution in [2.24, 2.45) is 0 Å². The second kappa shape index (κ2) is 6.57. The zero-order valence-electron chi connectivity index (χ0n) is 11.6. The van der Waals surface area contributed by atoms with Crippen molar-refractivity contribution in [1.29, 1.82) is 0 Å². The molecular formula is C15H15O4PS. The van der Waals surface area contributed by atoms with Crippen LogP contribution in [0.1, 0.15) is 10.4 Å². The number of rotatable bonds is 4. The zero-order chi connectivity index (χ0) is 15.3. The van der Waals surface area contributed by atoms with Gasteiger partial charge in [-0.3, -0.25) is 4.57 Å². The molecule has 0 saturated carbocycles. The highest BCUT2D eigenvalue weighted by atomic mass is 32.1. The Kier molecular flexibility index (Phi) is 5.00. The molecule has 0 spiro atoms. The molecule has 0 amide bonds. The fourth-order valence-electron chi connectivity index (χ4n) is 1.81. The Bertz CT molecular complexity index is 679. The Morgan fingerprint density at radius 3 is 2.33 bits per heavy atom. The molecule has 0 aliphatic rings. The van der Waals surface area contributed by atoms with Gasteiger partial charge in [-0.05, 0) is 17.4 Å². The molecule has 0 bridgehead atoms. The van der Waals surface area contributed by atoms with Crippen LogP contribution in [0.3, 0.4) is 0 Å². The van der Waals surface area contributed by atoms with Gasteiger partial charge >= 0.3 is 7.60 Å². The van der Waals surface area contributed by atoms with Gasteiger partial charge in [-0.15, -0.1) is 11.3 Å². The van der Waals surface area contributed by atoms with Crippen molar-refractivity contribution in [2.45, 2.75) is 5.34 Å². The largest absolute Gasteiger partial charge is 0.378 e. The fraction of sp³-hybridized carbons (Fsp3) is 0.200. The monoisotopic (exact) mass is 322 g/mol. The first-order chi connectivity index (χ1) is 10.1. The van der Waals surface area contributed by atoms with Gasteiger partial charge in [-0.1, -0.05) is 42.3 Å². The second-order valence-electron chi connectivity index (χ2n) is 4.13. The lowest BCUT2D eigenvalue weighted by molar-refractivity contribution is 0.125. The van der Waals surface area contributed by atoms with Crippen LogP contribution >= 0.6 is 18.9 Å². The summed E-state index contributed by atoms with van der Waals surface area (Å²) in [4.78, 5) is 0.753. The van der Waals surface area contributed by atoms with Crippen molar-refractivity contribution in [3.63, 3.8) is 0 Å². The van der Waals surface area contributed by atoms with E-state index < -0.39 is 12.9 Å². The van der Waals surface area contributed by atoms with Gasteiger partial charge in [0.05, 0.1) is 4.88 Å². The molecule has 1 N–H and O–H groups in total. The summed E-state index contributed by atoms with van der Waals surface area (Å²) in [6, 6.07) is 12.2. The quantitative estimate of drug-likeness (QED) is 0.692. The number of aliphatic hydroxyl groups is 1. The minimum Gasteiger partial charge on any atom is -0.364 e. The Balaban J connectivity index is 2.57. The summed E-state index contributed by atoms with van der Waals surface area (Å²) in [5.41, 5.74) is 0.362. The number of hydrogen-bond donors (Lipinski definition) is 1. The van der Waals surface area contributed by atoms with E-state index >= 15 is 0 Å². The predicted octanol–water partition coefficient (Wildman–Crippen LogP) is 3.43. The van der Waals surface area contributed by atoms with Crippen molar-refractivity contribution in [2.75, 3.05) is 14.2 Å². The van der Waals surface area contributed by atoms with Crippen LogP contribution in [0.5, 0.6) is 0 Å². The Hall–Kier alpha value is -1.41. The lowest BCUT2D eigenvalue weighted by Gasteiger charge is -2.28. The third-order valence-corrected chi connectivity index (χ3v) is 5.84. The van der Waals surface area contributed by atoms with E-state index in [0.717, 1.165) is 4.88 Å². The van der Waals surface area contributed by atoms with E-state index in [0.29, 0.717) is 5.56 Å². The standard InChI is InChI=1S/C15H15O4PS/c1-18-20(17,19-2)15(16,13-7-4-3-5-8-13)11-10-14-9-6-12-21-14/h3-9,12,16H,1-2H3. The SMILES string of the molecule is COP(=O)(OC)C(O)(C#Cc1cccs1)c1ccccc1. The van der Waals surface area contributed by atoms with Gasteiger partial charge in [0, 0.05) is 19.8 Å². The van der Waals surface area contributed by atoms with Crippen molar-refractivity contribution in [3.05, 3.63) is 58.3 Å². The molecule has 21 heavy (non-hydrogen) atoms. The van der Waals surface area contributed by atoms with E-state index in [9.17, 15) is 9.67 Å². The van der Waals surface area contributed by atoms with E-state index in [-0.39, 0.29) is 0 Å². The van der Waals surface area contributed by atoms with Crippen LogP contribution in [0.4, 0.5) is 0 Å². The topological polar surface area (TPSA) is 55.8 Å². The first-order valence-electron chi connectivity index (χ1n) is 6.12. The first kappa shape index (κ1) is 16.0. The average Bonchev–Trinajstić information content (AvgIpc) is 3.06. The van der Waals surface area contributed by atoms with Gasteiger partial charge in [-0.2, -0.15) is 0 Å². The van der Waals surface area contributed by atoms with E-state index in [1.54, 1.807) is 30.3 Å². The second-order valence-corrected chi connectivity index (χ2v) is 7.45. The maximum Gasteiger partial charge on any atom is 0.378 e. The minimum absolute atomic E-state index is 0.362. The molecule has 0 fully saturated rings. The minimum atomic E-state index is -3.86. The van der Waals surface area contributed by atoms with E-state index in [2.05, 4.69) is 11.8 Å². The molecule has 0 radical (unpaired) electrons. The molecule has 1 aromatic heterocycles. The predicted molar refractivity (Wildman–Crippen MR) is 83.2 cm³/mol. The molecule has 1 heterocycles. The summed E-state index contributed by atoms with van der Waals surface area (Å²) in [7, 11) is -1.40. The number of thiophene rings is 1.